The molecule has 0 bridgehead atoms. The average molecular weight is 276 g/mol. The molecular weight excluding hydrogens is 252 g/mol. The standard InChI is InChI=1S/C16H24N2O2/c19-14-11-16(7-3-1-2-4-8-16)15(20)18(14)12-13-5-9-17-10-6-13/h5,17H,1-4,6-12H2. The lowest BCUT2D eigenvalue weighted by Gasteiger charge is -2.26. The lowest BCUT2D eigenvalue weighted by molar-refractivity contribution is -0.141. The number of hydrogen-bond donors (Lipinski definition) is 1. The second-order valence-electron chi connectivity index (χ2n) is 6.47. The number of imide groups is 1. The van der Waals surface area contributed by atoms with Crippen LogP contribution in [0.25, 0.3) is 0 Å². The molecule has 0 atom stereocenters. The number of carbonyl (C=O) groups is 2. The van der Waals surface area contributed by atoms with Gasteiger partial charge in [-0.25, -0.2) is 0 Å². The van der Waals surface area contributed by atoms with E-state index in [0.29, 0.717) is 13.0 Å². The number of nitrogens with one attached hydrogen (secondary N) is 1. The van der Waals surface area contributed by atoms with Gasteiger partial charge in [-0.3, -0.25) is 14.5 Å². The number of nitrogens with zero attached hydrogens (tertiary/aromatic N) is 1. The summed E-state index contributed by atoms with van der Waals surface area (Å²) in [6, 6.07) is 0. The molecule has 0 unspecified atom stereocenters. The van der Waals surface area contributed by atoms with Gasteiger partial charge in [0, 0.05) is 19.5 Å². The number of amides is 2. The quantitative estimate of drug-likeness (QED) is 0.620. The summed E-state index contributed by atoms with van der Waals surface area (Å²) in [7, 11) is 0. The Kier molecular flexibility index (Phi) is 3.92. The van der Waals surface area contributed by atoms with Crippen LogP contribution in [0.15, 0.2) is 11.6 Å². The molecule has 1 saturated carbocycles. The highest BCUT2D eigenvalue weighted by atomic mass is 16.2. The molecule has 1 aliphatic carbocycles. The molecule has 0 aromatic heterocycles. The molecule has 3 rings (SSSR count). The van der Waals surface area contributed by atoms with Crippen LogP contribution in [-0.4, -0.2) is 36.3 Å². The average Bonchev–Trinajstić information content (AvgIpc) is 2.65. The fourth-order valence-electron chi connectivity index (χ4n) is 3.83. The van der Waals surface area contributed by atoms with E-state index < -0.39 is 0 Å². The van der Waals surface area contributed by atoms with Crippen molar-refractivity contribution in [3.05, 3.63) is 11.6 Å². The van der Waals surface area contributed by atoms with E-state index in [-0.39, 0.29) is 17.2 Å². The van der Waals surface area contributed by atoms with Gasteiger partial charge in [-0.1, -0.05) is 37.3 Å². The van der Waals surface area contributed by atoms with Crippen LogP contribution in [0.2, 0.25) is 0 Å². The Morgan fingerprint density at radius 3 is 2.55 bits per heavy atom. The summed E-state index contributed by atoms with van der Waals surface area (Å²) >= 11 is 0. The number of carbonyl (C=O) groups excluding carboxylic acids is 2. The summed E-state index contributed by atoms with van der Waals surface area (Å²) in [5.41, 5.74) is 0.886. The number of rotatable bonds is 2. The molecule has 4 nitrogen and oxygen atoms in total. The van der Waals surface area contributed by atoms with Crippen molar-refractivity contribution in [1.82, 2.24) is 10.2 Å². The monoisotopic (exact) mass is 276 g/mol. The lowest BCUT2D eigenvalue weighted by atomic mass is 9.79. The van der Waals surface area contributed by atoms with Crippen LogP contribution in [0.3, 0.4) is 0 Å². The Morgan fingerprint density at radius 2 is 1.90 bits per heavy atom. The van der Waals surface area contributed by atoms with Crippen molar-refractivity contribution in [1.29, 1.82) is 0 Å². The van der Waals surface area contributed by atoms with Crippen LogP contribution in [0, 0.1) is 5.41 Å². The Hall–Kier alpha value is -1.16. The molecule has 4 heteroatoms. The summed E-state index contributed by atoms with van der Waals surface area (Å²) < 4.78 is 0. The van der Waals surface area contributed by atoms with Gasteiger partial charge in [-0.15, -0.1) is 0 Å². The van der Waals surface area contributed by atoms with Crippen LogP contribution in [0.1, 0.15) is 51.4 Å². The van der Waals surface area contributed by atoms with Gasteiger partial charge >= 0.3 is 0 Å². The van der Waals surface area contributed by atoms with E-state index >= 15 is 0 Å². The molecule has 0 radical (unpaired) electrons. The van der Waals surface area contributed by atoms with E-state index in [4.69, 9.17) is 0 Å². The highest BCUT2D eigenvalue weighted by Crippen LogP contribution is 2.44. The van der Waals surface area contributed by atoms with E-state index in [2.05, 4.69) is 11.4 Å². The molecule has 1 spiro atoms. The van der Waals surface area contributed by atoms with Gasteiger partial charge in [0.1, 0.15) is 0 Å². The molecule has 3 aliphatic rings. The zero-order valence-corrected chi connectivity index (χ0v) is 12.1. The van der Waals surface area contributed by atoms with Gasteiger partial charge in [-0.05, 0) is 25.8 Å². The highest BCUT2D eigenvalue weighted by molar-refractivity contribution is 6.06. The van der Waals surface area contributed by atoms with Crippen LogP contribution in [0.5, 0.6) is 0 Å². The summed E-state index contributed by atoms with van der Waals surface area (Å²) in [6.45, 7) is 2.34. The Labute approximate surface area is 120 Å². The minimum absolute atomic E-state index is 0.0522. The summed E-state index contributed by atoms with van der Waals surface area (Å²) in [5.74, 6) is 0.167. The Balaban J connectivity index is 1.74. The molecule has 2 amide bonds. The van der Waals surface area contributed by atoms with Gasteiger partial charge in [0.25, 0.3) is 0 Å². The van der Waals surface area contributed by atoms with Gasteiger partial charge in [0.05, 0.1) is 5.41 Å². The van der Waals surface area contributed by atoms with Crippen molar-refractivity contribution >= 4 is 11.8 Å². The first kappa shape index (κ1) is 13.8. The fourth-order valence-corrected chi connectivity index (χ4v) is 3.83. The third-order valence-electron chi connectivity index (χ3n) is 5.07. The largest absolute Gasteiger partial charge is 0.313 e. The maximum absolute atomic E-state index is 12.8. The molecule has 0 aromatic rings. The van der Waals surface area contributed by atoms with E-state index in [1.165, 1.54) is 18.4 Å². The van der Waals surface area contributed by atoms with Crippen molar-refractivity contribution in [3.8, 4) is 0 Å². The zero-order chi connectivity index (χ0) is 14.0. The molecular formula is C16H24N2O2. The minimum atomic E-state index is -0.346. The smallest absolute Gasteiger partial charge is 0.236 e. The molecule has 20 heavy (non-hydrogen) atoms. The van der Waals surface area contributed by atoms with E-state index in [9.17, 15) is 9.59 Å². The summed E-state index contributed by atoms with van der Waals surface area (Å²) in [5, 5.41) is 3.26. The van der Waals surface area contributed by atoms with Gasteiger partial charge in [0.15, 0.2) is 0 Å². The van der Waals surface area contributed by atoms with Crippen molar-refractivity contribution in [2.45, 2.75) is 51.4 Å². The summed E-state index contributed by atoms with van der Waals surface area (Å²) in [6.07, 6.45) is 9.96. The minimum Gasteiger partial charge on any atom is -0.313 e. The van der Waals surface area contributed by atoms with Gasteiger partial charge in [0.2, 0.25) is 11.8 Å². The zero-order valence-electron chi connectivity index (χ0n) is 12.1. The number of likely N-dealkylation sites (tertiary alicyclic amines) is 1. The van der Waals surface area contributed by atoms with Gasteiger partial charge < -0.3 is 5.32 Å². The third kappa shape index (κ3) is 2.53. The molecule has 110 valence electrons. The van der Waals surface area contributed by atoms with E-state index in [1.807, 2.05) is 0 Å². The lowest BCUT2D eigenvalue weighted by Crippen LogP contribution is -2.37. The Morgan fingerprint density at radius 1 is 1.15 bits per heavy atom. The third-order valence-corrected chi connectivity index (χ3v) is 5.07. The first-order valence-corrected chi connectivity index (χ1v) is 7.95. The molecule has 2 heterocycles. The maximum atomic E-state index is 12.8. The van der Waals surface area contributed by atoms with Gasteiger partial charge in [-0.2, -0.15) is 0 Å². The Bertz CT molecular complexity index is 434. The second kappa shape index (κ2) is 5.68. The first-order chi connectivity index (χ1) is 9.71. The van der Waals surface area contributed by atoms with E-state index in [0.717, 1.165) is 45.2 Å². The normalized spacial score (nSPS) is 26.8. The predicted octanol–water partition coefficient (Wildman–Crippen LogP) is 2.01. The SMILES string of the molecule is O=C1CC2(CCCCCC2)C(=O)N1CC1=CCNCC1. The van der Waals surface area contributed by atoms with Crippen LogP contribution in [-0.2, 0) is 9.59 Å². The first-order valence-electron chi connectivity index (χ1n) is 7.95. The molecule has 2 aliphatic heterocycles. The second-order valence-corrected chi connectivity index (χ2v) is 6.47. The summed E-state index contributed by atoms with van der Waals surface area (Å²) in [4.78, 5) is 26.6. The highest BCUT2D eigenvalue weighted by Gasteiger charge is 2.50. The predicted molar refractivity (Wildman–Crippen MR) is 77.0 cm³/mol. The van der Waals surface area contributed by atoms with Crippen molar-refractivity contribution < 1.29 is 9.59 Å². The van der Waals surface area contributed by atoms with Crippen LogP contribution >= 0.6 is 0 Å². The molecule has 1 saturated heterocycles. The fraction of sp³-hybridized carbons (Fsp3) is 0.750. The van der Waals surface area contributed by atoms with Crippen LogP contribution < -0.4 is 5.32 Å². The molecule has 0 aromatic carbocycles. The van der Waals surface area contributed by atoms with Crippen molar-refractivity contribution in [3.63, 3.8) is 0 Å². The topological polar surface area (TPSA) is 49.4 Å². The van der Waals surface area contributed by atoms with Crippen LogP contribution in [0.4, 0.5) is 0 Å². The van der Waals surface area contributed by atoms with Crippen molar-refractivity contribution in [2.75, 3.05) is 19.6 Å². The maximum Gasteiger partial charge on any atom is 0.236 e. The molecule has 1 N–H and O–H groups in total. The molecule has 2 fully saturated rings. The van der Waals surface area contributed by atoms with Crippen molar-refractivity contribution in [2.24, 2.45) is 5.41 Å². The number of hydrogen-bond acceptors (Lipinski definition) is 3. The van der Waals surface area contributed by atoms with E-state index in [1.54, 1.807) is 4.90 Å².